The minimum absolute atomic E-state index is 0.00794. The summed E-state index contributed by atoms with van der Waals surface area (Å²) in [7, 11) is -3.20. The van der Waals surface area contributed by atoms with Gasteiger partial charge in [0.2, 0.25) is 10.0 Å². The lowest BCUT2D eigenvalue weighted by Gasteiger charge is -2.08. The van der Waals surface area contributed by atoms with E-state index >= 15 is 0 Å². The van der Waals surface area contributed by atoms with Gasteiger partial charge in [0.05, 0.1) is 11.9 Å². The van der Waals surface area contributed by atoms with Crippen LogP contribution in [0.25, 0.3) is 0 Å². The maximum Gasteiger partial charge on any atom is 0.211 e. The minimum atomic E-state index is -3.20. The Bertz CT molecular complexity index is 252. The second-order valence-corrected chi connectivity index (χ2v) is 5.84. The SMILES string of the molecule is CC(C)OCCCCNS(=O)(=O)CCCO. The van der Waals surface area contributed by atoms with Gasteiger partial charge < -0.3 is 9.84 Å². The number of nitrogens with one attached hydrogen (secondary N) is 1. The van der Waals surface area contributed by atoms with E-state index < -0.39 is 10.0 Å². The highest BCUT2D eigenvalue weighted by molar-refractivity contribution is 7.89. The fraction of sp³-hybridized carbons (Fsp3) is 1.00. The average Bonchev–Trinajstić information content (AvgIpc) is 2.20. The lowest BCUT2D eigenvalue weighted by atomic mass is 10.3. The molecule has 0 atom stereocenters. The van der Waals surface area contributed by atoms with Gasteiger partial charge in [0.15, 0.2) is 0 Å². The fourth-order valence-electron chi connectivity index (χ4n) is 1.10. The Balaban J connectivity index is 3.43. The van der Waals surface area contributed by atoms with Crippen molar-refractivity contribution in [2.45, 2.75) is 39.2 Å². The third kappa shape index (κ3) is 10.4. The number of rotatable bonds is 10. The Hall–Kier alpha value is -0.170. The van der Waals surface area contributed by atoms with Crippen LogP contribution in [0, 0.1) is 0 Å². The van der Waals surface area contributed by atoms with Crippen molar-refractivity contribution in [1.82, 2.24) is 4.72 Å². The third-order valence-corrected chi connectivity index (χ3v) is 3.39. The molecule has 0 saturated carbocycles. The van der Waals surface area contributed by atoms with Gasteiger partial charge in [-0.3, -0.25) is 0 Å². The summed E-state index contributed by atoms with van der Waals surface area (Å²) in [6, 6.07) is 0. The number of unbranched alkanes of at least 4 members (excludes halogenated alkanes) is 1. The van der Waals surface area contributed by atoms with Gasteiger partial charge >= 0.3 is 0 Å². The van der Waals surface area contributed by atoms with E-state index in [1.165, 1.54) is 0 Å². The lowest BCUT2D eigenvalue weighted by Crippen LogP contribution is -2.28. The smallest absolute Gasteiger partial charge is 0.211 e. The highest BCUT2D eigenvalue weighted by atomic mass is 32.2. The van der Waals surface area contributed by atoms with Crippen molar-refractivity contribution in [3.63, 3.8) is 0 Å². The molecular weight excluding hydrogens is 230 g/mol. The van der Waals surface area contributed by atoms with Crippen LogP contribution in [0.3, 0.4) is 0 Å². The van der Waals surface area contributed by atoms with Gasteiger partial charge in [-0.25, -0.2) is 13.1 Å². The fourth-order valence-corrected chi connectivity index (χ4v) is 2.21. The van der Waals surface area contributed by atoms with E-state index in [1.807, 2.05) is 13.8 Å². The average molecular weight is 253 g/mol. The monoisotopic (exact) mass is 253 g/mol. The quantitative estimate of drug-likeness (QED) is 0.556. The summed E-state index contributed by atoms with van der Waals surface area (Å²) in [5, 5.41) is 8.51. The number of hydrogen-bond donors (Lipinski definition) is 2. The van der Waals surface area contributed by atoms with E-state index in [-0.39, 0.29) is 24.9 Å². The molecule has 0 aromatic carbocycles. The number of ether oxygens (including phenoxy) is 1. The van der Waals surface area contributed by atoms with Crippen LogP contribution in [0.2, 0.25) is 0 Å². The van der Waals surface area contributed by atoms with E-state index in [2.05, 4.69) is 4.72 Å². The van der Waals surface area contributed by atoms with Crippen molar-refractivity contribution in [1.29, 1.82) is 0 Å². The molecule has 0 spiro atoms. The maximum absolute atomic E-state index is 11.3. The second-order valence-electron chi connectivity index (χ2n) is 3.92. The van der Waals surface area contributed by atoms with E-state index in [0.717, 1.165) is 12.8 Å². The van der Waals surface area contributed by atoms with Gasteiger partial charge in [0, 0.05) is 19.8 Å². The zero-order valence-corrected chi connectivity index (χ0v) is 10.9. The summed E-state index contributed by atoms with van der Waals surface area (Å²) in [5.74, 6) is -0.00794. The summed E-state index contributed by atoms with van der Waals surface area (Å²) in [6.45, 7) is 4.95. The Labute approximate surface area is 98.2 Å². The second kappa shape index (κ2) is 8.92. The first kappa shape index (κ1) is 15.8. The summed E-state index contributed by atoms with van der Waals surface area (Å²) in [5.41, 5.74) is 0. The van der Waals surface area contributed by atoms with Crippen molar-refractivity contribution >= 4 is 10.0 Å². The number of aliphatic hydroxyl groups excluding tert-OH is 1. The molecule has 0 amide bonds. The molecule has 0 unspecified atom stereocenters. The van der Waals surface area contributed by atoms with Crippen molar-refractivity contribution in [3.8, 4) is 0 Å². The topological polar surface area (TPSA) is 75.6 Å². The van der Waals surface area contributed by atoms with Gasteiger partial charge in [0.1, 0.15) is 0 Å². The van der Waals surface area contributed by atoms with Crippen LogP contribution in [0.15, 0.2) is 0 Å². The van der Waals surface area contributed by atoms with Crippen LogP contribution < -0.4 is 4.72 Å². The molecule has 0 rings (SSSR count). The highest BCUT2D eigenvalue weighted by Gasteiger charge is 2.07. The third-order valence-electron chi connectivity index (χ3n) is 1.92. The molecule has 0 aliphatic heterocycles. The van der Waals surface area contributed by atoms with E-state index in [9.17, 15) is 8.42 Å². The van der Waals surface area contributed by atoms with Crippen LogP contribution in [-0.2, 0) is 14.8 Å². The first-order chi connectivity index (χ1) is 7.48. The van der Waals surface area contributed by atoms with Crippen molar-refractivity contribution < 1.29 is 18.3 Å². The molecule has 2 N–H and O–H groups in total. The molecule has 0 fully saturated rings. The molecule has 0 bridgehead atoms. The minimum Gasteiger partial charge on any atom is -0.396 e. The largest absolute Gasteiger partial charge is 0.396 e. The van der Waals surface area contributed by atoms with Crippen molar-refractivity contribution in [3.05, 3.63) is 0 Å². The molecule has 6 heteroatoms. The molecule has 0 aliphatic carbocycles. The molecular formula is C10H23NO4S. The first-order valence-electron chi connectivity index (χ1n) is 5.67. The summed E-state index contributed by atoms with van der Waals surface area (Å²) in [4.78, 5) is 0. The predicted octanol–water partition coefficient (Wildman–Crippen LogP) is 0.493. The molecule has 98 valence electrons. The molecule has 0 aromatic rings. The van der Waals surface area contributed by atoms with Gasteiger partial charge in [-0.2, -0.15) is 0 Å². The molecule has 0 saturated heterocycles. The highest BCUT2D eigenvalue weighted by Crippen LogP contribution is 1.95. The first-order valence-corrected chi connectivity index (χ1v) is 7.33. The Kier molecular flexibility index (Phi) is 8.83. The molecule has 0 heterocycles. The van der Waals surface area contributed by atoms with E-state index in [4.69, 9.17) is 9.84 Å². The maximum atomic E-state index is 11.3. The summed E-state index contributed by atoms with van der Waals surface area (Å²) >= 11 is 0. The van der Waals surface area contributed by atoms with Gasteiger partial charge in [-0.1, -0.05) is 0 Å². The van der Waals surface area contributed by atoms with Crippen molar-refractivity contribution in [2.75, 3.05) is 25.5 Å². The van der Waals surface area contributed by atoms with E-state index in [1.54, 1.807) is 0 Å². The Morgan fingerprint density at radius 2 is 1.94 bits per heavy atom. The zero-order chi connectivity index (χ0) is 12.4. The molecule has 0 radical (unpaired) electrons. The molecule has 0 aromatic heterocycles. The Morgan fingerprint density at radius 3 is 2.50 bits per heavy atom. The lowest BCUT2D eigenvalue weighted by molar-refractivity contribution is 0.0762. The number of aliphatic hydroxyl groups is 1. The van der Waals surface area contributed by atoms with Crippen LogP contribution in [0.5, 0.6) is 0 Å². The summed E-state index contributed by atoms with van der Waals surface area (Å²) in [6.07, 6.45) is 2.12. The van der Waals surface area contributed by atoms with Crippen LogP contribution in [0.1, 0.15) is 33.1 Å². The molecule has 5 nitrogen and oxygen atoms in total. The zero-order valence-electron chi connectivity index (χ0n) is 10.1. The van der Waals surface area contributed by atoms with Crippen LogP contribution in [-0.4, -0.2) is 45.1 Å². The normalized spacial score (nSPS) is 12.2. The Morgan fingerprint density at radius 1 is 1.25 bits per heavy atom. The van der Waals surface area contributed by atoms with E-state index in [0.29, 0.717) is 13.2 Å². The van der Waals surface area contributed by atoms with Crippen LogP contribution >= 0.6 is 0 Å². The number of hydrogen-bond acceptors (Lipinski definition) is 4. The summed E-state index contributed by atoms with van der Waals surface area (Å²) < 4.78 is 30.4. The van der Waals surface area contributed by atoms with Crippen molar-refractivity contribution in [2.24, 2.45) is 0 Å². The number of sulfonamides is 1. The molecule has 0 aliphatic rings. The standard InChI is InChI=1S/C10H23NO4S/c1-10(2)15-8-4-3-6-11-16(13,14)9-5-7-12/h10-12H,3-9H2,1-2H3. The van der Waals surface area contributed by atoms with Crippen LogP contribution in [0.4, 0.5) is 0 Å². The van der Waals surface area contributed by atoms with Gasteiger partial charge in [-0.05, 0) is 33.1 Å². The predicted molar refractivity (Wildman–Crippen MR) is 63.8 cm³/mol. The van der Waals surface area contributed by atoms with Gasteiger partial charge in [0.25, 0.3) is 0 Å². The molecule has 16 heavy (non-hydrogen) atoms. The van der Waals surface area contributed by atoms with Gasteiger partial charge in [-0.15, -0.1) is 0 Å².